The summed E-state index contributed by atoms with van der Waals surface area (Å²) in [6.07, 6.45) is 2.76. The number of carbonyl (C=O) groups is 2. The minimum absolute atomic E-state index is 0.242. The summed E-state index contributed by atoms with van der Waals surface area (Å²) in [5.41, 5.74) is 0. The number of hydrogen-bond donors (Lipinski definition) is 0. The number of carbonyl (C=O) groups excluding carboxylic acids is 2. The van der Waals surface area contributed by atoms with E-state index in [1.54, 1.807) is 0 Å². The van der Waals surface area contributed by atoms with E-state index in [-0.39, 0.29) is 24.2 Å². The average Bonchev–Trinajstić information content (AvgIpc) is 2.76. The Morgan fingerprint density at radius 1 is 1.42 bits per heavy atom. The number of rotatable bonds is 3. The van der Waals surface area contributed by atoms with Crippen molar-refractivity contribution in [1.29, 1.82) is 0 Å². The Labute approximate surface area is 70.3 Å². The van der Waals surface area contributed by atoms with Crippen LogP contribution >= 0.6 is 0 Å². The smallest absolute Gasteiger partial charge is 0.254 e. The van der Waals surface area contributed by atoms with Crippen molar-refractivity contribution in [2.45, 2.75) is 25.4 Å². The summed E-state index contributed by atoms with van der Waals surface area (Å²) in [6.45, 7) is 0.374. The minimum Gasteiger partial charge on any atom is -0.377 e. The monoisotopic (exact) mass is 168 g/mol. The number of nitrogens with zero attached hydrogens (tertiary/aromatic N) is 1. The first-order valence-electron chi connectivity index (χ1n) is 4.16. The second-order valence-corrected chi connectivity index (χ2v) is 3.28. The number of ether oxygens (including phenoxy) is 1. The van der Waals surface area contributed by atoms with E-state index >= 15 is 0 Å². The molecule has 1 radical (unpaired) electrons. The summed E-state index contributed by atoms with van der Waals surface area (Å²) < 4.78 is 5.32. The molecule has 4 heteroatoms. The van der Waals surface area contributed by atoms with E-state index in [0.29, 0.717) is 12.7 Å². The molecule has 0 bridgehead atoms. The van der Waals surface area contributed by atoms with Crippen LogP contribution < -0.4 is 5.32 Å². The molecule has 2 rings (SSSR count). The van der Waals surface area contributed by atoms with Crippen LogP contribution in [0.4, 0.5) is 0 Å². The molecule has 0 aromatic carbocycles. The Morgan fingerprint density at radius 2 is 2.17 bits per heavy atom. The van der Waals surface area contributed by atoms with E-state index in [1.807, 2.05) is 0 Å². The molecule has 12 heavy (non-hydrogen) atoms. The Balaban J connectivity index is 1.78. The Morgan fingerprint density at radius 3 is 2.67 bits per heavy atom. The van der Waals surface area contributed by atoms with Crippen LogP contribution in [0.2, 0.25) is 0 Å². The van der Waals surface area contributed by atoms with Crippen LogP contribution in [0.5, 0.6) is 0 Å². The van der Waals surface area contributed by atoms with Gasteiger partial charge in [0.15, 0.2) is 0 Å². The number of hydrogen-bond acceptors (Lipinski definition) is 3. The van der Waals surface area contributed by atoms with Gasteiger partial charge in [-0.1, -0.05) is 0 Å². The van der Waals surface area contributed by atoms with Gasteiger partial charge in [-0.3, -0.25) is 9.59 Å². The standard InChI is InChI=1S/C8H10NO3/c10-7-3-5(8(11)9-7)4-12-6-1-2-6/h5-6H,1-4H2. The van der Waals surface area contributed by atoms with Crippen molar-refractivity contribution < 1.29 is 14.3 Å². The van der Waals surface area contributed by atoms with E-state index in [0.717, 1.165) is 12.8 Å². The molecule has 1 saturated carbocycles. The predicted molar refractivity (Wildman–Crippen MR) is 39.2 cm³/mol. The highest BCUT2D eigenvalue weighted by atomic mass is 16.5. The van der Waals surface area contributed by atoms with Crippen LogP contribution in [0.1, 0.15) is 19.3 Å². The highest BCUT2D eigenvalue weighted by Crippen LogP contribution is 2.25. The SMILES string of the molecule is O=C1CC(COC2CC2)C(=O)[N]1. The van der Waals surface area contributed by atoms with Crippen LogP contribution in [0.3, 0.4) is 0 Å². The summed E-state index contributed by atoms with van der Waals surface area (Å²) in [5, 5.41) is 3.31. The molecule has 65 valence electrons. The largest absolute Gasteiger partial charge is 0.377 e. The van der Waals surface area contributed by atoms with Gasteiger partial charge in [-0.25, -0.2) is 0 Å². The molecule has 2 aliphatic rings. The average molecular weight is 168 g/mol. The van der Waals surface area contributed by atoms with Gasteiger partial charge in [-0.15, -0.1) is 0 Å². The lowest BCUT2D eigenvalue weighted by atomic mass is 10.1. The minimum atomic E-state index is -0.305. The molecular weight excluding hydrogens is 158 g/mol. The van der Waals surface area contributed by atoms with Gasteiger partial charge in [0.2, 0.25) is 5.91 Å². The molecule has 0 aromatic heterocycles. The Bertz CT molecular complexity index is 222. The van der Waals surface area contributed by atoms with Crippen LogP contribution in [-0.4, -0.2) is 24.5 Å². The summed E-state index contributed by atoms with van der Waals surface area (Å²) in [6, 6.07) is 0. The number of imide groups is 1. The molecule has 2 fully saturated rings. The lowest BCUT2D eigenvalue weighted by Gasteiger charge is -2.04. The van der Waals surface area contributed by atoms with E-state index in [4.69, 9.17) is 4.74 Å². The molecule has 0 N–H and O–H groups in total. The lowest BCUT2D eigenvalue weighted by molar-refractivity contribution is -0.126. The van der Waals surface area contributed by atoms with Crippen molar-refractivity contribution in [3.8, 4) is 0 Å². The zero-order valence-electron chi connectivity index (χ0n) is 6.66. The van der Waals surface area contributed by atoms with Crippen molar-refractivity contribution in [1.82, 2.24) is 5.32 Å². The molecule has 0 spiro atoms. The molecule has 1 heterocycles. The molecule has 0 aromatic rings. The van der Waals surface area contributed by atoms with Crippen LogP contribution in [0, 0.1) is 5.92 Å². The fourth-order valence-corrected chi connectivity index (χ4v) is 1.18. The normalized spacial score (nSPS) is 29.2. The van der Waals surface area contributed by atoms with E-state index in [2.05, 4.69) is 5.32 Å². The highest BCUT2D eigenvalue weighted by molar-refractivity contribution is 6.03. The van der Waals surface area contributed by atoms with Crippen LogP contribution in [0.15, 0.2) is 0 Å². The van der Waals surface area contributed by atoms with E-state index < -0.39 is 0 Å². The van der Waals surface area contributed by atoms with Gasteiger partial charge in [0, 0.05) is 6.42 Å². The maximum absolute atomic E-state index is 11.0. The van der Waals surface area contributed by atoms with Crippen molar-refractivity contribution in [2.75, 3.05) is 6.61 Å². The zero-order valence-corrected chi connectivity index (χ0v) is 6.66. The third-order valence-corrected chi connectivity index (χ3v) is 2.06. The molecule has 1 unspecified atom stereocenters. The third-order valence-electron chi connectivity index (χ3n) is 2.06. The fourth-order valence-electron chi connectivity index (χ4n) is 1.18. The van der Waals surface area contributed by atoms with Gasteiger partial charge < -0.3 is 4.74 Å². The first kappa shape index (κ1) is 7.73. The molecule has 4 nitrogen and oxygen atoms in total. The highest BCUT2D eigenvalue weighted by Gasteiger charge is 2.34. The Kier molecular flexibility index (Phi) is 1.84. The molecular formula is C8H10NO3. The zero-order chi connectivity index (χ0) is 8.55. The summed E-state index contributed by atoms with van der Waals surface area (Å²) in [4.78, 5) is 21.6. The second kappa shape index (κ2) is 2.86. The fraction of sp³-hybridized carbons (Fsp3) is 0.750. The first-order valence-corrected chi connectivity index (χ1v) is 4.16. The molecule has 1 aliphatic carbocycles. The second-order valence-electron chi connectivity index (χ2n) is 3.28. The molecule has 1 atom stereocenters. The van der Waals surface area contributed by atoms with Gasteiger partial charge in [-0.2, -0.15) is 5.32 Å². The van der Waals surface area contributed by atoms with Crippen molar-refractivity contribution in [3.63, 3.8) is 0 Å². The quantitative estimate of drug-likeness (QED) is 0.550. The Hall–Kier alpha value is -0.900. The molecule has 1 saturated heterocycles. The van der Waals surface area contributed by atoms with E-state index in [1.165, 1.54) is 0 Å². The molecule has 2 amide bonds. The van der Waals surface area contributed by atoms with Crippen LogP contribution in [0.25, 0.3) is 0 Å². The first-order chi connectivity index (χ1) is 5.75. The summed E-state index contributed by atoms with van der Waals surface area (Å²) in [7, 11) is 0. The predicted octanol–water partition coefficient (Wildman–Crippen LogP) is -0.157. The summed E-state index contributed by atoms with van der Waals surface area (Å²) in [5.74, 6) is -0.900. The van der Waals surface area contributed by atoms with Crippen molar-refractivity contribution in [3.05, 3.63) is 0 Å². The summed E-state index contributed by atoms with van der Waals surface area (Å²) >= 11 is 0. The topological polar surface area (TPSA) is 57.5 Å². The molecule has 1 aliphatic heterocycles. The third kappa shape index (κ3) is 1.64. The number of amides is 2. The van der Waals surface area contributed by atoms with Gasteiger partial charge in [0.05, 0.1) is 18.6 Å². The van der Waals surface area contributed by atoms with E-state index in [9.17, 15) is 9.59 Å². The van der Waals surface area contributed by atoms with Gasteiger partial charge in [-0.05, 0) is 12.8 Å². The lowest BCUT2D eigenvalue weighted by Crippen LogP contribution is -2.19. The van der Waals surface area contributed by atoms with Crippen molar-refractivity contribution >= 4 is 11.8 Å². The maximum Gasteiger partial charge on any atom is 0.254 e. The van der Waals surface area contributed by atoms with Gasteiger partial charge in [0.1, 0.15) is 0 Å². The van der Waals surface area contributed by atoms with Crippen molar-refractivity contribution in [2.24, 2.45) is 5.92 Å². The maximum atomic E-state index is 11.0. The van der Waals surface area contributed by atoms with Gasteiger partial charge in [0.25, 0.3) is 5.91 Å². The van der Waals surface area contributed by atoms with Crippen LogP contribution in [-0.2, 0) is 14.3 Å². The van der Waals surface area contributed by atoms with Gasteiger partial charge >= 0.3 is 0 Å².